The molecule has 6 nitrogen and oxygen atoms in total. The first-order valence-electron chi connectivity index (χ1n) is 6.19. The Bertz CT molecular complexity index is 543. The predicted molar refractivity (Wildman–Crippen MR) is 75.5 cm³/mol. The molecule has 20 heavy (non-hydrogen) atoms. The number of carbonyl (C=O) groups excluding carboxylic acids is 3. The highest BCUT2D eigenvalue weighted by atomic mass is 79.9. The summed E-state index contributed by atoms with van der Waals surface area (Å²) < 4.78 is 0.784. The fourth-order valence-electron chi connectivity index (χ4n) is 1.52. The number of hydrogen-bond acceptors (Lipinski definition) is 3. The van der Waals surface area contributed by atoms with E-state index in [4.69, 9.17) is 0 Å². The smallest absolute Gasteiger partial charge is 0.257 e. The van der Waals surface area contributed by atoms with Crippen LogP contribution in [-0.2, 0) is 9.59 Å². The molecular formula is C13H14BrN3O3. The van der Waals surface area contributed by atoms with Crippen molar-refractivity contribution >= 4 is 33.7 Å². The van der Waals surface area contributed by atoms with Gasteiger partial charge in [-0.3, -0.25) is 25.2 Å². The van der Waals surface area contributed by atoms with Crippen molar-refractivity contribution in [1.29, 1.82) is 0 Å². The Kier molecular flexibility index (Phi) is 4.73. The Balaban J connectivity index is 1.72. The molecule has 1 aromatic carbocycles. The van der Waals surface area contributed by atoms with Gasteiger partial charge in [-0.2, -0.15) is 0 Å². The maximum absolute atomic E-state index is 11.8. The highest BCUT2D eigenvalue weighted by Crippen LogP contribution is 2.28. The van der Waals surface area contributed by atoms with Crippen molar-refractivity contribution in [2.75, 3.05) is 6.54 Å². The quantitative estimate of drug-likeness (QED) is 0.707. The highest BCUT2D eigenvalue weighted by molar-refractivity contribution is 9.10. The van der Waals surface area contributed by atoms with Crippen LogP contribution in [-0.4, -0.2) is 24.3 Å². The molecular weight excluding hydrogens is 326 g/mol. The van der Waals surface area contributed by atoms with E-state index < -0.39 is 5.91 Å². The van der Waals surface area contributed by atoms with Crippen LogP contribution in [0.1, 0.15) is 23.2 Å². The molecule has 0 unspecified atom stereocenters. The van der Waals surface area contributed by atoms with Crippen LogP contribution < -0.4 is 16.2 Å². The van der Waals surface area contributed by atoms with Crippen molar-refractivity contribution in [2.45, 2.75) is 12.8 Å². The molecule has 3 N–H and O–H groups in total. The molecule has 1 saturated carbocycles. The van der Waals surface area contributed by atoms with Gasteiger partial charge in [-0.25, -0.2) is 0 Å². The van der Waals surface area contributed by atoms with Crippen molar-refractivity contribution < 1.29 is 14.4 Å². The monoisotopic (exact) mass is 339 g/mol. The highest BCUT2D eigenvalue weighted by Gasteiger charge is 2.29. The summed E-state index contributed by atoms with van der Waals surface area (Å²) in [7, 11) is 0. The van der Waals surface area contributed by atoms with Gasteiger partial charge in [0.05, 0.1) is 6.54 Å². The molecule has 2 rings (SSSR count). The standard InChI is InChI=1S/C13H14BrN3O3/c14-10-3-1-2-9(6-10)12(19)15-7-11(18)16-17-13(20)8-4-5-8/h1-3,6,8H,4-5,7H2,(H,15,19)(H,16,18)(H,17,20). The largest absolute Gasteiger partial charge is 0.343 e. The second kappa shape index (κ2) is 6.51. The van der Waals surface area contributed by atoms with E-state index in [9.17, 15) is 14.4 Å². The Hall–Kier alpha value is -1.89. The van der Waals surface area contributed by atoms with Crippen LogP contribution in [0.2, 0.25) is 0 Å². The predicted octanol–water partition coefficient (Wildman–Crippen LogP) is 0.736. The molecule has 106 valence electrons. The second-order valence-corrected chi connectivity index (χ2v) is 5.42. The van der Waals surface area contributed by atoms with E-state index in [0.717, 1.165) is 17.3 Å². The molecule has 0 radical (unpaired) electrons. The van der Waals surface area contributed by atoms with Crippen molar-refractivity contribution in [2.24, 2.45) is 5.92 Å². The third kappa shape index (κ3) is 4.34. The number of rotatable bonds is 4. The summed E-state index contributed by atoms with van der Waals surface area (Å²) in [4.78, 5) is 34.5. The molecule has 1 aliphatic rings. The van der Waals surface area contributed by atoms with Gasteiger partial charge in [0, 0.05) is 16.0 Å². The molecule has 0 aliphatic heterocycles. The summed E-state index contributed by atoms with van der Waals surface area (Å²) in [5, 5.41) is 2.47. The molecule has 0 heterocycles. The Morgan fingerprint density at radius 3 is 2.60 bits per heavy atom. The Morgan fingerprint density at radius 2 is 1.95 bits per heavy atom. The lowest BCUT2D eigenvalue weighted by molar-refractivity contribution is -0.129. The molecule has 7 heteroatoms. The van der Waals surface area contributed by atoms with Crippen molar-refractivity contribution in [1.82, 2.24) is 16.2 Å². The van der Waals surface area contributed by atoms with Crippen molar-refractivity contribution in [3.8, 4) is 0 Å². The summed E-state index contributed by atoms with van der Waals surface area (Å²) in [6.45, 7) is -0.198. The van der Waals surface area contributed by atoms with Crippen LogP contribution in [0, 0.1) is 5.92 Å². The fourth-order valence-corrected chi connectivity index (χ4v) is 1.91. The van der Waals surface area contributed by atoms with Gasteiger partial charge in [-0.05, 0) is 31.0 Å². The lowest BCUT2D eigenvalue weighted by Gasteiger charge is -2.08. The van der Waals surface area contributed by atoms with Crippen LogP contribution in [0.5, 0.6) is 0 Å². The Labute approximate surface area is 124 Å². The number of benzene rings is 1. The van der Waals surface area contributed by atoms with Crippen LogP contribution in [0.25, 0.3) is 0 Å². The average molecular weight is 340 g/mol. The summed E-state index contributed by atoms with van der Waals surface area (Å²) >= 11 is 3.26. The first-order valence-corrected chi connectivity index (χ1v) is 6.98. The van der Waals surface area contributed by atoms with Crippen LogP contribution in [0.4, 0.5) is 0 Å². The van der Waals surface area contributed by atoms with E-state index in [1.807, 2.05) is 0 Å². The number of hydrazine groups is 1. The third-order valence-electron chi connectivity index (χ3n) is 2.77. The summed E-state index contributed by atoms with van der Waals surface area (Å²) in [5.74, 6) is -0.986. The molecule has 0 spiro atoms. The molecule has 0 aromatic heterocycles. The van der Waals surface area contributed by atoms with Crippen molar-refractivity contribution in [3.05, 3.63) is 34.3 Å². The third-order valence-corrected chi connectivity index (χ3v) is 3.26. The van der Waals surface area contributed by atoms with Gasteiger partial charge in [-0.15, -0.1) is 0 Å². The normalized spacial score (nSPS) is 13.4. The van der Waals surface area contributed by atoms with E-state index in [-0.39, 0.29) is 24.3 Å². The van der Waals surface area contributed by atoms with Crippen LogP contribution in [0.15, 0.2) is 28.7 Å². The second-order valence-electron chi connectivity index (χ2n) is 4.50. The zero-order chi connectivity index (χ0) is 14.5. The molecule has 0 bridgehead atoms. The number of hydrogen-bond donors (Lipinski definition) is 3. The van der Waals surface area contributed by atoms with E-state index in [1.165, 1.54) is 0 Å². The molecule has 0 saturated heterocycles. The van der Waals surface area contributed by atoms with Gasteiger partial charge < -0.3 is 5.32 Å². The zero-order valence-electron chi connectivity index (χ0n) is 10.6. The van der Waals surface area contributed by atoms with Gasteiger partial charge in [0.2, 0.25) is 5.91 Å². The first-order chi connectivity index (χ1) is 9.56. The summed E-state index contributed by atoms with van der Waals surface area (Å²) in [5.41, 5.74) is 5.03. The van der Waals surface area contributed by atoms with E-state index >= 15 is 0 Å². The van der Waals surface area contributed by atoms with Crippen LogP contribution >= 0.6 is 15.9 Å². The Morgan fingerprint density at radius 1 is 1.20 bits per heavy atom. The minimum atomic E-state index is -0.470. The van der Waals surface area contributed by atoms with E-state index in [1.54, 1.807) is 24.3 Å². The zero-order valence-corrected chi connectivity index (χ0v) is 12.2. The van der Waals surface area contributed by atoms with E-state index in [0.29, 0.717) is 5.56 Å². The van der Waals surface area contributed by atoms with E-state index in [2.05, 4.69) is 32.1 Å². The minimum absolute atomic E-state index is 0.0200. The maximum Gasteiger partial charge on any atom is 0.257 e. The van der Waals surface area contributed by atoms with Gasteiger partial charge >= 0.3 is 0 Å². The molecule has 1 aromatic rings. The number of amides is 3. The van der Waals surface area contributed by atoms with Gasteiger partial charge in [0.15, 0.2) is 0 Å². The molecule has 3 amide bonds. The number of nitrogens with one attached hydrogen (secondary N) is 3. The molecule has 1 fully saturated rings. The number of halogens is 1. The van der Waals surface area contributed by atoms with Crippen molar-refractivity contribution in [3.63, 3.8) is 0 Å². The SMILES string of the molecule is O=C(CNC(=O)c1cccc(Br)c1)NNC(=O)C1CC1. The molecule has 1 aliphatic carbocycles. The minimum Gasteiger partial charge on any atom is -0.343 e. The molecule has 0 atom stereocenters. The lowest BCUT2D eigenvalue weighted by atomic mass is 10.2. The van der Waals surface area contributed by atoms with Crippen LogP contribution in [0.3, 0.4) is 0 Å². The van der Waals surface area contributed by atoms with Gasteiger partial charge in [-0.1, -0.05) is 22.0 Å². The maximum atomic E-state index is 11.8. The summed E-state index contributed by atoms with van der Waals surface area (Å²) in [6.07, 6.45) is 1.72. The fraction of sp³-hybridized carbons (Fsp3) is 0.308. The lowest BCUT2D eigenvalue weighted by Crippen LogP contribution is -2.46. The van der Waals surface area contributed by atoms with Gasteiger partial charge in [0.1, 0.15) is 0 Å². The topological polar surface area (TPSA) is 87.3 Å². The average Bonchev–Trinajstić information content (AvgIpc) is 3.26. The number of carbonyl (C=O) groups is 3. The van der Waals surface area contributed by atoms with Gasteiger partial charge in [0.25, 0.3) is 11.8 Å². The summed E-state index contributed by atoms with van der Waals surface area (Å²) in [6, 6.07) is 6.83. The first kappa shape index (κ1) is 14.5.